The van der Waals surface area contributed by atoms with Gasteiger partial charge in [-0.15, -0.1) is 0 Å². The topological polar surface area (TPSA) is 95.9 Å². The highest BCUT2D eigenvalue weighted by Gasteiger charge is 2.18. The van der Waals surface area contributed by atoms with Gasteiger partial charge in [-0.25, -0.2) is 0 Å². The first-order valence-electron chi connectivity index (χ1n) is 30.4. The fraction of sp³-hybridized carbons (Fsp3) is 0.841. The molecule has 1 amide bonds. The molecule has 0 aromatic rings. The third-order valence-electron chi connectivity index (χ3n) is 13.8. The second-order valence-corrected chi connectivity index (χ2v) is 20.7. The van der Waals surface area contributed by atoms with Crippen molar-refractivity contribution in [3.05, 3.63) is 48.6 Å². The summed E-state index contributed by atoms with van der Waals surface area (Å²) in [6, 6.07) is -0.626. The van der Waals surface area contributed by atoms with Crippen molar-refractivity contribution in [3.8, 4) is 0 Å². The van der Waals surface area contributed by atoms with E-state index in [-0.39, 0.29) is 18.5 Å². The Kier molecular flexibility index (Phi) is 56.5. The van der Waals surface area contributed by atoms with Gasteiger partial charge in [0.1, 0.15) is 0 Å². The van der Waals surface area contributed by atoms with Crippen LogP contribution in [-0.4, -0.2) is 47.4 Å². The molecule has 69 heavy (non-hydrogen) atoms. The number of nitrogens with one attached hydrogen (secondary N) is 1. The van der Waals surface area contributed by atoms with Crippen molar-refractivity contribution >= 4 is 11.9 Å². The molecule has 0 aliphatic carbocycles. The zero-order valence-corrected chi connectivity index (χ0v) is 46.0. The highest BCUT2D eigenvalue weighted by Crippen LogP contribution is 2.16. The van der Waals surface area contributed by atoms with E-state index in [1.54, 1.807) is 6.08 Å². The van der Waals surface area contributed by atoms with E-state index >= 15 is 0 Å². The first-order valence-corrected chi connectivity index (χ1v) is 30.4. The molecule has 2 atom stereocenters. The van der Waals surface area contributed by atoms with Crippen molar-refractivity contribution in [2.75, 3.05) is 13.2 Å². The second kappa shape index (κ2) is 58.4. The molecule has 6 nitrogen and oxygen atoms in total. The number of carbonyl (C=O) groups is 2. The molecule has 0 spiro atoms. The highest BCUT2D eigenvalue weighted by atomic mass is 16.5. The van der Waals surface area contributed by atoms with E-state index < -0.39 is 12.1 Å². The zero-order valence-electron chi connectivity index (χ0n) is 46.0. The van der Waals surface area contributed by atoms with Gasteiger partial charge in [0.25, 0.3) is 0 Å². The Hall–Kier alpha value is -2.18. The van der Waals surface area contributed by atoms with Gasteiger partial charge in [0.05, 0.1) is 25.4 Å². The summed E-state index contributed by atoms with van der Waals surface area (Å²) >= 11 is 0. The minimum atomic E-state index is -0.843. The van der Waals surface area contributed by atoms with Crippen molar-refractivity contribution in [1.82, 2.24) is 5.32 Å². The van der Waals surface area contributed by atoms with Crippen LogP contribution in [0.15, 0.2) is 48.6 Å². The third-order valence-corrected chi connectivity index (χ3v) is 13.8. The van der Waals surface area contributed by atoms with Crippen LogP contribution in [0.3, 0.4) is 0 Å². The summed E-state index contributed by atoms with van der Waals surface area (Å²) in [6.07, 6.45) is 74.5. The molecule has 6 heteroatoms. The van der Waals surface area contributed by atoms with E-state index in [0.29, 0.717) is 19.4 Å². The molecule has 0 heterocycles. The van der Waals surface area contributed by atoms with Crippen LogP contribution in [-0.2, 0) is 14.3 Å². The molecule has 0 rings (SSSR count). The first-order chi connectivity index (χ1) is 34.0. The van der Waals surface area contributed by atoms with Gasteiger partial charge >= 0.3 is 5.97 Å². The van der Waals surface area contributed by atoms with Crippen LogP contribution in [0.5, 0.6) is 0 Å². The Morgan fingerprint density at radius 3 is 1.16 bits per heavy atom. The lowest BCUT2D eigenvalue weighted by Crippen LogP contribution is -2.45. The number of aliphatic hydroxyl groups excluding tert-OH is 2. The van der Waals surface area contributed by atoms with Crippen LogP contribution < -0.4 is 5.32 Å². The van der Waals surface area contributed by atoms with Crippen LogP contribution in [0.4, 0.5) is 0 Å². The predicted molar refractivity (Wildman–Crippen MR) is 301 cm³/mol. The van der Waals surface area contributed by atoms with Gasteiger partial charge in [-0.3, -0.25) is 9.59 Å². The molecule has 0 aromatic heterocycles. The van der Waals surface area contributed by atoms with E-state index in [1.807, 2.05) is 6.08 Å². The van der Waals surface area contributed by atoms with Crippen LogP contribution in [0.1, 0.15) is 316 Å². The minimum Gasteiger partial charge on any atom is -0.466 e. The highest BCUT2D eigenvalue weighted by molar-refractivity contribution is 5.76. The zero-order chi connectivity index (χ0) is 50.0. The van der Waals surface area contributed by atoms with Gasteiger partial charge in [0.15, 0.2) is 0 Å². The van der Waals surface area contributed by atoms with Crippen molar-refractivity contribution in [3.63, 3.8) is 0 Å². The Labute approximate surface area is 429 Å². The second-order valence-electron chi connectivity index (χ2n) is 20.7. The maximum absolute atomic E-state index is 12.4. The van der Waals surface area contributed by atoms with E-state index in [4.69, 9.17) is 4.74 Å². The number of ether oxygens (including phenoxy) is 1. The number of esters is 1. The first kappa shape index (κ1) is 66.8. The molecule has 2 unspecified atom stereocenters. The van der Waals surface area contributed by atoms with Crippen molar-refractivity contribution in [2.45, 2.75) is 328 Å². The molecule has 0 fully saturated rings. The molecule has 0 aromatic carbocycles. The number of aliphatic hydroxyl groups is 2. The number of allylic oxidation sites excluding steroid dienone is 7. The van der Waals surface area contributed by atoms with E-state index in [9.17, 15) is 19.8 Å². The Morgan fingerprint density at radius 2 is 0.739 bits per heavy atom. The molecule has 0 aliphatic heterocycles. The number of hydrogen-bond acceptors (Lipinski definition) is 5. The Balaban J connectivity index is 3.38. The van der Waals surface area contributed by atoms with Crippen LogP contribution >= 0.6 is 0 Å². The summed E-state index contributed by atoms with van der Waals surface area (Å²) in [6.45, 7) is 4.84. The quantitative estimate of drug-likeness (QED) is 0.0321. The number of carbonyl (C=O) groups excluding carboxylic acids is 2. The summed E-state index contributed by atoms with van der Waals surface area (Å²) in [5.74, 6) is -0.0698. The molecule has 0 radical (unpaired) electrons. The SMILES string of the molecule is CCCC/C=C\C/C=C\CCCCCCCC(=O)OCCCCCCCCCCCCCC/C=C\CCCCCCCCCCCCCCC(=O)NC(CO)C(O)/C=C/CCCCCCCCCC. The number of rotatable bonds is 56. The van der Waals surface area contributed by atoms with E-state index in [1.165, 1.54) is 238 Å². The monoisotopic (exact) mass is 968 g/mol. The van der Waals surface area contributed by atoms with Crippen LogP contribution in [0, 0.1) is 0 Å². The third kappa shape index (κ3) is 55.0. The average Bonchev–Trinajstić information content (AvgIpc) is 3.35. The number of amides is 1. The largest absolute Gasteiger partial charge is 0.466 e. The maximum atomic E-state index is 12.4. The lowest BCUT2D eigenvalue weighted by Gasteiger charge is -2.20. The molecule has 0 saturated heterocycles. The molecule has 0 aliphatic rings. The van der Waals surface area contributed by atoms with Crippen LogP contribution in [0.25, 0.3) is 0 Å². The summed E-state index contributed by atoms with van der Waals surface area (Å²) in [4.78, 5) is 24.4. The summed E-state index contributed by atoms with van der Waals surface area (Å²) in [5, 5.41) is 23.0. The van der Waals surface area contributed by atoms with E-state index in [0.717, 1.165) is 51.4 Å². The smallest absolute Gasteiger partial charge is 0.305 e. The minimum absolute atomic E-state index is 0.000249. The van der Waals surface area contributed by atoms with Gasteiger partial charge in [-0.05, 0) is 83.5 Å². The van der Waals surface area contributed by atoms with Gasteiger partial charge in [0, 0.05) is 12.8 Å². The Morgan fingerprint density at radius 1 is 0.406 bits per heavy atom. The molecule has 3 N–H and O–H groups in total. The normalized spacial score (nSPS) is 12.9. The lowest BCUT2D eigenvalue weighted by atomic mass is 10.0. The summed E-state index contributed by atoms with van der Waals surface area (Å²) in [5.41, 5.74) is 0. The fourth-order valence-electron chi connectivity index (χ4n) is 9.12. The van der Waals surface area contributed by atoms with Crippen molar-refractivity contribution in [2.24, 2.45) is 0 Å². The lowest BCUT2D eigenvalue weighted by molar-refractivity contribution is -0.143. The standard InChI is InChI=1S/C63H117NO5/c1-3-5-7-9-11-13-15-16-34-37-41-45-49-53-57-63(68)69-58-54-50-46-42-38-35-32-30-28-26-24-22-20-18-17-19-21-23-25-27-29-31-33-36-40-44-48-52-56-62(67)64-60(59-65)61(66)55-51-47-43-39-14-12-10-8-6-4-2/h9,11,15-18,51,55,60-61,65-66H,3-8,10,12-14,19-50,52-54,56-59H2,1-2H3,(H,64,67)/b11-9-,16-15-,18-17-,55-51+. The van der Waals surface area contributed by atoms with E-state index in [2.05, 4.69) is 55.6 Å². The predicted octanol–water partition coefficient (Wildman–Crippen LogP) is 19.0. The van der Waals surface area contributed by atoms with Gasteiger partial charge in [-0.2, -0.15) is 0 Å². The molecule has 0 saturated carbocycles. The Bertz CT molecular complexity index is 1160. The average molecular weight is 969 g/mol. The molecular weight excluding hydrogens is 851 g/mol. The summed E-state index contributed by atoms with van der Waals surface area (Å²) < 4.78 is 5.47. The van der Waals surface area contributed by atoms with Crippen LogP contribution in [0.2, 0.25) is 0 Å². The molecule has 0 bridgehead atoms. The number of hydrogen-bond donors (Lipinski definition) is 3. The van der Waals surface area contributed by atoms with Crippen molar-refractivity contribution < 1.29 is 24.5 Å². The number of unbranched alkanes of at least 4 members (excludes halogenated alkanes) is 39. The fourth-order valence-corrected chi connectivity index (χ4v) is 9.12. The van der Waals surface area contributed by atoms with Crippen molar-refractivity contribution in [1.29, 1.82) is 0 Å². The summed E-state index contributed by atoms with van der Waals surface area (Å²) in [7, 11) is 0. The van der Waals surface area contributed by atoms with Gasteiger partial charge < -0.3 is 20.3 Å². The molecular formula is C63H117NO5. The van der Waals surface area contributed by atoms with Gasteiger partial charge in [-0.1, -0.05) is 268 Å². The molecule has 404 valence electrons. The maximum Gasteiger partial charge on any atom is 0.305 e. The van der Waals surface area contributed by atoms with Gasteiger partial charge in [0.2, 0.25) is 5.91 Å².